The number of hydrazone groups is 1. The second kappa shape index (κ2) is 11.6. The Balaban J connectivity index is 1.38. The number of aryl methyl sites for hydroxylation is 2. The van der Waals surface area contributed by atoms with Gasteiger partial charge in [0.15, 0.2) is 16.7 Å². The standard InChI is InChI=1S/C27H25ClN4O4S2/c1-2-36-21-13-16(7-12-20(21)33)14-29-31-23(34)15-37-27-30-25-24(19-5-3-4-6-22(19)38-25)26(35)32(27)18-10-8-17(28)9-11-18/h7-14,33H,2-6,15H2,1H3,(H,31,34)/b29-14+. The van der Waals surface area contributed by atoms with Crippen LogP contribution in [0.1, 0.15) is 35.8 Å². The van der Waals surface area contributed by atoms with Crippen LogP contribution < -0.4 is 15.7 Å². The zero-order chi connectivity index (χ0) is 26.6. The number of carbonyl (C=O) groups is 1. The number of phenols is 1. The van der Waals surface area contributed by atoms with Crippen LogP contribution in [-0.4, -0.2) is 39.1 Å². The number of nitrogens with zero attached hydrogens (tertiary/aromatic N) is 3. The van der Waals surface area contributed by atoms with Crippen molar-refractivity contribution in [3.05, 3.63) is 73.8 Å². The van der Waals surface area contributed by atoms with Gasteiger partial charge in [0.2, 0.25) is 0 Å². The maximum atomic E-state index is 13.8. The van der Waals surface area contributed by atoms with Crippen molar-refractivity contribution in [3.63, 3.8) is 0 Å². The normalized spacial score (nSPS) is 13.1. The van der Waals surface area contributed by atoms with E-state index < -0.39 is 0 Å². The first-order valence-electron chi connectivity index (χ1n) is 12.2. The molecule has 2 aromatic heterocycles. The number of rotatable bonds is 8. The molecule has 1 amide bonds. The van der Waals surface area contributed by atoms with Gasteiger partial charge in [0, 0.05) is 9.90 Å². The Morgan fingerprint density at radius 1 is 1.26 bits per heavy atom. The van der Waals surface area contributed by atoms with Crippen molar-refractivity contribution < 1.29 is 14.6 Å². The van der Waals surface area contributed by atoms with E-state index in [0.717, 1.165) is 31.2 Å². The summed E-state index contributed by atoms with van der Waals surface area (Å²) in [6.07, 6.45) is 5.49. The Kier molecular flexibility index (Phi) is 8.01. The third-order valence-corrected chi connectivity index (χ3v) is 8.44. The lowest BCUT2D eigenvalue weighted by molar-refractivity contribution is -0.118. The number of aromatic nitrogens is 2. The number of ether oxygens (including phenoxy) is 1. The SMILES string of the molecule is CCOc1cc(/C=N/NC(=O)CSc2nc3sc4c(c3c(=O)n2-c2ccc(Cl)cc2)CCCC4)ccc1O. The van der Waals surface area contributed by atoms with Gasteiger partial charge in [-0.1, -0.05) is 23.4 Å². The van der Waals surface area contributed by atoms with Crippen LogP contribution in [0, 0.1) is 0 Å². The van der Waals surface area contributed by atoms with Gasteiger partial charge < -0.3 is 9.84 Å². The number of thiophene rings is 1. The molecule has 196 valence electrons. The first-order valence-corrected chi connectivity index (χ1v) is 14.4. The van der Waals surface area contributed by atoms with Crippen molar-refractivity contribution in [1.29, 1.82) is 0 Å². The van der Waals surface area contributed by atoms with E-state index in [4.69, 9.17) is 21.3 Å². The number of hydrogen-bond acceptors (Lipinski definition) is 8. The van der Waals surface area contributed by atoms with E-state index in [1.165, 1.54) is 28.9 Å². The minimum atomic E-state index is -0.350. The van der Waals surface area contributed by atoms with Gasteiger partial charge in [-0.3, -0.25) is 14.2 Å². The summed E-state index contributed by atoms with van der Waals surface area (Å²) in [5, 5.41) is 15.5. The lowest BCUT2D eigenvalue weighted by Gasteiger charge is -2.13. The largest absolute Gasteiger partial charge is 0.504 e. The molecule has 0 radical (unpaired) electrons. The summed E-state index contributed by atoms with van der Waals surface area (Å²) >= 11 is 8.83. The van der Waals surface area contributed by atoms with Gasteiger partial charge in [-0.2, -0.15) is 5.10 Å². The Labute approximate surface area is 232 Å². The number of fused-ring (bicyclic) bond motifs is 3. The third-order valence-electron chi connectivity index (χ3n) is 6.06. The van der Waals surface area contributed by atoms with E-state index in [1.807, 2.05) is 6.92 Å². The van der Waals surface area contributed by atoms with Crippen molar-refractivity contribution in [1.82, 2.24) is 15.0 Å². The van der Waals surface area contributed by atoms with Crippen LogP contribution in [-0.2, 0) is 17.6 Å². The average Bonchev–Trinajstić information content (AvgIpc) is 3.29. The zero-order valence-corrected chi connectivity index (χ0v) is 23.0. The van der Waals surface area contributed by atoms with Gasteiger partial charge in [0.1, 0.15) is 4.83 Å². The summed E-state index contributed by atoms with van der Waals surface area (Å²) in [5.41, 5.74) is 4.78. The second-order valence-corrected chi connectivity index (χ2v) is 11.1. The fraction of sp³-hybridized carbons (Fsp3) is 0.259. The Bertz CT molecular complexity index is 1580. The fourth-order valence-electron chi connectivity index (χ4n) is 4.32. The molecule has 0 bridgehead atoms. The first kappa shape index (κ1) is 26.3. The molecule has 5 rings (SSSR count). The van der Waals surface area contributed by atoms with E-state index in [0.29, 0.717) is 44.0 Å². The molecule has 0 unspecified atom stereocenters. The molecule has 2 N–H and O–H groups in total. The van der Waals surface area contributed by atoms with Gasteiger partial charge in [0.25, 0.3) is 11.5 Å². The van der Waals surface area contributed by atoms with Crippen LogP contribution in [0.5, 0.6) is 11.5 Å². The third kappa shape index (κ3) is 5.57. The summed E-state index contributed by atoms with van der Waals surface area (Å²) in [5.74, 6) is 0.0354. The van der Waals surface area contributed by atoms with Crippen LogP contribution in [0.3, 0.4) is 0 Å². The van der Waals surface area contributed by atoms with Crippen LogP contribution in [0.4, 0.5) is 0 Å². The number of benzene rings is 2. The molecule has 8 nitrogen and oxygen atoms in total. The molecule has 2 heterocycles. The Hall–Kier alpha value is -3.34. The number of hydrogen-bond donors (Lipinski definition) is 2. The number of halogens is 1. The molecule has 0 aliphatic heterocycles. The quantitative estimate of drug-likeness (QED) is 0.129. The highest BCUT2D eigenvalue weighted by molar-refractivity contribution is 7.99. The smallest absolute Gasteiger partial charge is 0.267 e. The number of carbonyl (C=O) groups excluding carboxylic acids is 1. The van der Waals surface area contributed by atoms with E-state index >= 15 is 0 Å². The van der Waals surface area contributed by atoms with Gasteiger partial charge >= 0.3 is 0 Å². The lowest BCUT2D eigenvalue weighted by Crippen LogP contribution is -2.24. The van der Waals surface area contributed by atoms with Crippen molar-refractivity contribution in [3.8, 4) is 17.2 Å². The van der Waals surface area contributed by atoms with Gasteiger partial charge in [-0.05, 0) is 86.2 Å². The molecule has 11 heteroatoms. The molecular formula is C27H25ClN4O4S2. The van der Waals surface area contributed by atoms with Crippen LogP contribution >= 0.6 is 34.7 Å². The molecule has 0 atom stereocenters. The molecule has 38 heavy (non-hydrogen) atoms. The van der Waals surface area contributed by atoms with Crippen molar-refractivity contribution in [2.75, 3.05) is 12.4 Å². The van der Waals surface area contributed by atoms with Crippen LogP contribution in [0.25, 0.3) is 15.9 Å². The molecule has 1 aliphatic rings. The van der Waals surface area contributed by atoms with Gasteiger partial charge in [-0.15, -0.1) is 11.3 Å². The summed E-state index contributed by atoms with van der Waals surface area (Å²) in [7, 11) is 0. The predicted molar refractivity (Wildman–Crippen MR) is 153 cm³/mol. The maximum Gasteiger partial charge on any atom is 0.267 e. The topological polar surface area (TPSA) is 106 Å². The highest BCUT2D eigenvalue weighted by Gasteiger charge is 2.23. The molecule has 0 saturated carbocycles. The maximum absolute atomic E-state index is 13.8. The van der Waals surface area contributed by atoms with Crippen LogP contribution in [0.2, 0.25) is 5.02 Å². The van der Waals surface area contributed by atoms with Crippen LogP contribution in [0.15, 0.2) is 57.5 Å². The van der Waals surface area contributed by atoms with E-state index in [9.17, 15) is 14.7 Å². The second-order valence-electron chi connectivity index (χ2n) is 8.64. The molecule has 0 spiro atoms. The van der Waals surface area contributed by atoms with Gasteiger partial charge in [-0.25, -0.2) is 10.4 Å². The lowest BCUT2D eigenvalue weighted by atomic mass is 9.97. The number of thioether (sulfide) groups is 1. The molecule has 0 fully saturated rings. The highest BCUT2D eigenvalue weighted by atomic mass is 35.5. The first-order chi connectivity index (χ1) is 18.4. The zero-order valence-electron chi connectivity index (χ0n) is 20.6. The number of nitrogens with one attached hydrogen (secondary N) is 1. The predicted octanol–water partition coefficient (Wildman–Crippen LogP) is 5.33. The fourth-order valence-corrected chi connectivity index (χ4v) is 6.56. The number of aromatic hydroxyl groups is 1. The Morgan fingerprint density at radius 2 is 2.05 bits per heavy atom. The average molecular weight is 569 g/mol. The minimum Gasteiger partial charge on any atom is -0.504 e. The molecular weight excluding hydrogens is 544 g/mol. The number of phenolic OH excluding ortho intramolecular Hbond substituents is 1. The summed E-state index contributed by atoms with van der Waals surface area (Å²) in [6.45, 7) is 2.24. The summed E-state index contributed by atoms with van der Waals surface area (Å²) in [4.78, 5) is 33.1. The summed E-state index contributed by atoms with van der Waals surface area (Å²) < 4.78 is 6.93. The van der Waals surface area contributed by atoms with E-state index in [1.54, 1.807) is 52.3 Å². The minimum absolute atomic E-state index is 0.00768. The van der Waals surface area contributed by atoms with Crippen molar-refractivity contribution in [2.45, 2.75) is 37.8 Å². The molecule has 4 aromatic rings. The highest BCUT2D eigenvalue weighted by Crippen LogP contribution is 2.35. The molecule has 0 saturated heterocycles. The van der Waals surface area contributed by atoms with Crippen molar-refractivity contribution in [2.24, 2.45) is 5.10 Å². The molecule has 1 aliphatic carbocycles. The van der Waals surface area contributed by atoms with Crippen molar-refractivity contribution >= 4 is 57.0 Å². The number of amides is 1. The van der Waals surface area contributed by atoms with Gasteiger partial charge in [0.05, 0.1) is 29.6 Å². The molecule has 2 aromatic carbocycles. The monoisotopic (exact) mass is 568 g/mol. The summed E-state index contributed by atoms with van der Waals surface area (Å²) in [6, 6.07) is 11.8. The van der Waals surface area contributed by atoms with E-state index in [2.05, 4.69) is 10.5 Å². The Morgan fingerprint density at radius 3 is 2.84 bits per heavy atom. The van der Waals surface area contributed by atoms with E-state index in [-0.39, 0.29) is 23.0 Å².